The molecule has 0 spiro atoms. The zero-order chi connectivity index (χ0) is 26.2. The third kappa shape index (κ3) is 4.90. The molecule has 4 aromatic rings. The molecule has 0 bridgehead atoms. The van der Waals surface area contributed by atoms with Gasteiger partial charge >= 0.3 is 12.1 Å². The maximum Gasteiger partial charge on any atom is 0.413 e. The molecule has 2 aromatic heterocycles. The number of rotatable bonds is 7. The number of carboxylic acid groups (broad SMARTS) is 1. The molecule has 1 aliphatic rings. The lowest BCUT2D eigenvalue weighted by atomic mass is 9.95. The van der Waals surface area contributed by atoms with Crippen molar-refractivity contribution in [3.8, 4) is 16.9 Å². The van der Waals surface area contributed by atoms with Crippen LogP contribution in [0.1, 0.15) is 37.0 Å². The number of halogens is 2. The molecule has 10 heteroatoms. The van der Waals surface area contributed by atoms with Gasteiger partial charge in [-0.3, -0.25) is 15.1 Å². The van der Waals surface area contributed by atoms with Gasteiger partial charge in [0.15, 0.2) is 0 Å². The van der Waals surface area contributed by atoms with E-state index in [9.17, 15) is 19.1 Å². The van der Waals surface area contributed by atoms with E-state index >= 15 is 0 Å². The molecule has 2 aromatic carbocycles. The van der Waals surface area contributed by atoms with Gasteiger partial charge in [-0.2, -0.15) is 4.39 Å². The smallest absolute Gasteiger partial charge is 0.413 e. The van der Waals surface area contributed by atoms with Crippen LogP contribution in [-0.2, 0) is 14.9 Å². The number of benzene rings is 2. The van der Waals surface area contributed by atoms with Gasteiger partial charge in [0.25, 0.3) is 0 Å². The highest BCUT2D eigenvalue weighted by Crippen LogP contribution is 2.48. The summed E-state index contributed by atoms with van der Waals surface area (Å²) in [5.41, 5.74) is 2.52. The van der Waals surface area contributed by atoms with Crippen LogP contribution in [0, 0.1) is 5.95 Å². The van der Waals surface area contributed by atoms with Gasteiger partial charge in [-0.25, -0.2) is 9.48 Å². The van der Waals surface area contributed by atoms with Crippen molar-refractivity contribution >= 4 is 29.5 Å². The maximum absolute atomic E-state index is 14.0. The number of ether oxygens (including phenoxy) is 1. The van der Waals surface area contributed by atoms with Crippen LogP contribution in [-0.4, -0.2) is 31.9 Å². The number of aromatic nitrogens is 3. The van der Waals surface area contributed by atoms with Crippen molar-refractivity contribution < 1.29 is 23.8 Å². The van der Waals surface area contributed by atoms with Crippen LogP contribution < -0.4 is 5.32 Å². The van der Waals surface area contributed by atoms with Crippen molar-refractivity contribution in [2.75, 3.05) is 5.32 Å². The molecule has 1 saturated carbocycles. The van der Waals surface area contributed by atoms with E-state index in [1.807, 2.05) is 24.3 Å². The van der Waals surface area contributed by atoms with Gasteiger partial charge in [0.1, 0.15) is 11.9 Å². The minimum Gasteiger partial charge on any atom is -0.481 e. The molecule has 2 heterocycles. The average molecular weight is 521 g/mol. The van der Waals surface area contributed by atoms with E-state index < -0.39 is 29.5 Å². The number of hydrogen-bond donors (Lipinski definition) is 2. The molecular weight excluding hydrogens is 499 g/mol. The number of carbonyl (C=O) groups is 2. The topological polar surface area (TPSA) is 106 Å². The van der Waals surface area contributed by atoms with Gasteiger partial charge in [0.2, 0.25) is 5.95 Å². The average Bonchev–Trinajstić information content (AvgIpc) is 3.62. The summed E-state index contributed by atoms with van der Waals surface area (Å²) in [5, 5.41) is 16.3. The number of amides is 1. The Labute approximate surface area is 216 Å². The van der Waals surface area contributed by atoms with E-state index in [4.69, 9.17) is 16.3 Å². The fourth-order valence-corrected chi connectivity index (χ4v) is 4.48. The molecule has 1 amide bonds. The number of hydrogen-bond acceptors (Lipinski definition) is 5. The SMILES string of the molecule is CC(OC(=O)Nc1cc(F)nn1-c1ccc(-c2ccc(C3(C(=O)O)CC3)cc2)nc1)c1ccccc1Cl. The third-order valence-corrected chi connectivity index (χ3v) is 6.77. The molecule has 37 heavy (non-hydrogen) atoms. The van der Waals surface area contributed by atoms with Crippen molar-refractivity contribution in [3.05, 3.63) is 95.0 Å². The summed E-state index contributed by atoms with van der Waals surface area (Å²) in [4.78, 5) is 28.5. The largest absolute Gasteiger partial charge is 0.481 e. The van der Waals surface area contributed by atoms with E-state index in [0.29, 0.717) is 34.8 Å². The summed E-state index contributed by atoms with van der Waals surface area (Å²) in [7, 11) is 0. The van der Waals surface area contributed by atoms with Gasteiger partial charge in [-0.1, -0.05) is 54.1 Å². The van der Waals surface area contributed by atoms with Crippen LogP contribution >= 0.6 is 11.6 Å². The van der Waals surface area contributed by atoms with Gasteiger partial charge < -0.3 is 9.84 Å². The quantitative estimate of drug-likeness (QED) is 0.302. The molecule has 1 fully saturated rings. The van der Waals surface area contributed by atoms with Crippen LogP contribution in [0.2, 0.25) is 5.02 Å². The second-order valence-corrected chi connectivity index (χ2v) is 9.23. The van der Waals surface area contributed by atoms with Gasteiger partial charge in [-0.05, 0) is 43.5 Å². The first-order chi connectivity index (χ1) is 17.8. The third-order valence-electron chi connectivity index (χ3n) is 6.42. The molecule has 1 atom stereocenters. The number of anilines is 1. The van der Waals surface area contributed by atoms with E-state index in [2.05, 4.69) is 15.4 Å². The van der Waals surface area contributed by atoms with Crippen molar-refractivity contribution in [3.63, 3.8) is 0 Å². The molecule has 188 valence electrons. The summed E-state index contributed by atoms with van der Waals surface area (Å²) in [6.07, 6.45) is 1.34. The maximum atomic E-state index is 14.0. The summed E-state index contributed by atoms with van der Waals surface area (Å²) < 4.78 is 20.6. The van der Waals surface area contributed by atoms with Crippen LogP contribution in [0.3, 0.4) is 0 Å². The number of nitrogens with zero attached hydrogens (tertiary/aromatic N) is 3. The van der Waals surface area contributed by atoms with E-state index in [-0.39, 0.29) is 5.82 Å². The highest BCUT2D eigenvalue weighted by atomic mass is 35.5. The Balaban J connectivity index is 1.30. The molecule has 5 rings (SSSR count). The number of carbonyl (C=O) groups excluding carboxylic acids is 1. The Morgan fingerprint density at radius 3 is 2.49 bits per heavy atom. The zero-order valence-corrected chi connectivity index (χ0v) is 20.4. The van der Waals surface area contributed by atoms with E-state index in [1.54, 1.807) is 43.3 Å². The number of carboxylic acids is 1. The molecule has 2 N–H and O–H groups in total. The molecule has 8 nitrogen and oxygen atoms in total. The normalized spacial score (nSPS) is 14.6. The Kier molecular flexibility index (Phi) is 6.39. The second-order valence-electron chi connectivity index (χ2n) is 8.82. The number of nitrogens with one attached hydrogen (secondary N) is 1. The molecule has 1 unspecified atom stereocenters. The standard InChI is InChI=1S/C27H22ClFN4O4/c1-16(20-4-2-3-5-21(20)28)37-26(36)31-24-14-23(29)32-33(24)19-10-11-22(30-15-19)17-6-8-18(9-7-17)27(12-13-27)25(34)35/h2-11,14-16H,12-13H2,1H3,(H,31,36)(H,34,35). The molecule has 0 radical (unpaired) electrons. The number of pyridine rings is 1. The van der Waals surface area contributed by atoms with E-state index in [1.165, 1.54) is 10.9 Å². The predicted molar refractivity (Wildman–Crippen MR) is 135 cm³/mol. The van der Waals surface area contributed by atoms with Gasteiger partial charge in [-0.15, -0.1) is 5.10 Å². The summed E-state index contributed by atoms with van der Waals surface area (Å²) in [6.45, 7) is 1.68. The Hall–Kier alpha value is -4.24. The summed E-state index contributed by atoms with van der Waals surface area (Å²) in [5.74, 6) is -1.53. The van der Waals surface area contributed by atoms with Crippen LogP contribution in [0.5, 0.6) is 0 Å². The Morgan fingerprint density at radius 1 is 1.14 bits per heavy atom. The first kappa shape index (κ1) is 24.5. The monoisotopic (exact) mass is 520 g/mol. The first-order valence-electron chi connectivity index (χ1n) is 11.6. The lowest BCUT2D eigenvalue weighted by molar-refractivity contribution is -0.140. The van der Waals surface area contributed by atoms with Crippen LogP contribution in [0.15, 0.2) is 72.9 Å². The van der Waals surface area contributed by atoms with E-state index in [0.717, 1.165) is 17.2 Å². The second kappa shape index (κ2) is 9.67. The molecular formula is C27H22ClFN4O4. The summed E-state index contributed by atoms with van der Waals surface area (Å²) >= 11 is 6.17. The predicted octanol–water partition coefficient (Wildman–Crippen LogP) is 6.15. The molecule has 1 aliphatic carbocycles. The van der Waals surface area contributed by atoms with Crippen molar-refractivity contribution in [1.82, 2.24) is 14.8 Å². The fourth-order valence-electron chi connectivity index (χ4n) is 4.19. The molecule has 0 saturated heterocycles. The minimum absolute atomic E-state index is 0.0659. The lowest BCUT2D eigenvalue weighted by Crippen LogP contribution is -2.19. The lowest BCUT2D eigenvalue weighted by Gasteiger charge is -2.16. The Morgan fingerprint density at radius 2 is 1.86 bits per heavy atom. The van der Waals surface area contributed by atoms with Gasteiger partial charge in [0, 0.05) is 22.2 Å². The van der Waals surface area contributed by atoms with Crippen molar-refractivity contribution in [2.24, 2.45) is 0 Å². The zero-order valence-electron chi connectivity index (χ0n) is 19.7. The highest BCUT2D eigenvalue weighted by Gasteiger charge is 2.51. The fraction of sp³-hybridized carbons (Fsp3) is 0.185. The highest BCUT2D eigenvalue weighted by molar-refractivity contribution is 6.31. The van der Waals surface area contributed by atoms with Crippen LogP contribution in [0.25, 0.3) is 16.9 Å². The van der Waals surface area contributed by atoms with Crippen molar-refractivity contribution in [2.45, 2.75) is 31.3 Å². The van der Waals surface area contributed by atoms with Crippen LogP contribution in [0.4, 0.5) is 15.0 Å². The van der Waals surface area contributed by atoms with Crippen molar-refractivity contribution in [1.29, 1.82) is 0 Å². The number of aliphatic carboxylic acids is 1. The molecule has 0 aliphatic heterocycles. The minimum atomic E-state index is -0.805. The Bertz CT molecular complexity index is 1470. The first-order valence-corrected chi connectivity index (χ1v) is 11.9. The summed E-state index contributed by atoms with van der Waals surface area (Å²) in [6, 6.07) is 18.8. The van der Waals surface area contributed by atoms with Gasteiger partial charge in [0.05, 0.1) is 23.0 Å².